The van der Waals surface area contributed by atoms with Gasteiger partial charge < -0.3 is 14.6 Å². The van der Waals surface area contributed by atoms with Crippen LogP contribution in [0, 0.1) is 10.1 Å². The summed E-state index contributed by atoms with van der Waals surface area (Å²) in [5, 5.41) is 10.7. The van der Waals surface area contributed by atoms with Gasteiger partial charge in [0.05, 0.1) is 11.3 Å². The molecule has 0 saturated carbocycles. The van der Waals surface area contributed by atoms with E-state index in [4.69, 9.17) is 4.74 Å². The van der Waals surface area contributed by atoms with E-state index < -0.39 is 22.0 Å². The van der Waals surface area contributed by atoms with Crippen molar-refractivity contribution in [1.82, 2.24) is 14.9 Å². The van der Waals surface area contributed by atoms with Crippen LogP contribution >= 0.6 is 0 Å². The van der Waals surface area contributed by atoms with Crippen molar-refractivity contribution in [3.63, 3.8) is 0 Å². The largest absolute Gasteiger partial charge is 0.463 e. The molecule has 9 heteroatoms. The number of nitrogens with zero attached hydrogens (tertiary/aromatic N) is 3. The Hall–Kier alpha value is -2.45. The molecule has 0 radical (unpaired) electrons. The summed E-state index contributed by atoms with van der Waals surface area (Å²) in [6, 6.07) is 0. The first-order valence-corrected chi connectivity index (χ1v) is 5.72. The van der Waals surface area contributed by atoms with Gasteiger partial charge in [0, 0.05) is 13.1 Å². The summed E-state index contributed by atoms with van der Waals surface area (Å²) in [5.41, 5.74) is -1.71. The highest BCUT2D eigenvalue weighted by atomic mass is 16.6. The van der Waals surface area contributed by atoms with Crippen LogP contribution in [0.1, 0.15) is 12.8 Å². The fourth-order valence-corrected chi connectivity index (χ4v) is 1.83. The van der Waals surface area contributed by atoms with Crippen LogP contribution in [0.3, 0.4) is 0 Å². The number of carbonyl (C=O) groups excluding carboxylic acids is 1. The maximum Gasteiger partial charge on any atom is 0.395 e. The van der Waals surface area contributed by atoms with Crippen LogP contribution in [0.25, 0.3) is 0 Å². The lowest BCUT2D eigenvalue weighted by Gasteiger charge is -2.14. The molecule has 1 saturated heterocycles. The lowest BCUT2D eigenvalue weighted by atomic mass is 10.4. The maximum atomic E-state index is 11.7. The summed E-state index contributed by atoms with van der Waals surface area (Å²) in [6.07, 6.45) is 2.87. The molecule has 1 fully saturated rings. The minimum absolute atomic E-state index is 0.270. The van der Waals surface area contributed by atoms with Gasteiger partial charge in [-0.15, -0.1) is 0 Å². The molecule has 9 nitrogen and oxygen atoms in total. The minimum Gasteiger partial charge on any atom is -0.463 e. The third-order valence-corrected chi connectivity index (χ3v) is 2.77. The SMILES string of the molecule is O=C(COc1nc[nH]c(=O)c1[N+](=O)[O-])N1CCCC1. The quantitative estimate of drug-likeness (QED) is 0.590. The minimum atomic E-state index is -0.913. The molecule has 2 heterocycles. The summed E-state index contributed by atoms with van der Waals surface area (Å²) in [5.74, 6) is -0.713. The number of likely N-dealkylation sites (tertiary alicyclic amines) is 1. The van der Waals surface area contributed by atoms with E-state index in [0.717, 1.165) is 19.2 Å². The number of aromatic amines is 1. The van der Waals surface area contributed by atoms with E-state index in [2.05, 4.69) is 9.97 Å². The van der Waals surface area contributed by atoms with Gasteiger partial charge in [-0.1, -0.05) is 0 Å². The molecule has 1 aromatic rings. The van der Waals surface area contributed by atoms with E-state index in [9.17, 15) is 19.7 Å². The number of nitro groups is 1. The Bertz CT molecular complexity index is 549. The third-order valence-electron chi connectivity index (χ3n) is 2.77. The molecule has 2 rings (SSSR count). The summed E-state index contributed by atoms with van der Waals surface area (Å²) in [7, 11) is 0. The van der Waals surface area contributed by atoms with E-state index in [1.807, 2.05) is 0 Å². The summed E-state index contributed by atoms with van der Waals surface area (Å²) >= 11 is 0. The third kappa shape index (κ3) is 2.87. The van der Waals surface area contributed by atoms with Crippen LogP contribution in [0.5, 0.6) is 5.88 Å². The fraction of sp³-hybridized carbons (Fsp3) is 0.500. The lowest BCUT2D eigenvalue weighted by Crippen LogP contribution is -2.32. The van der Waals surface area contributed by atoms with Gasteiger partial charge in [-0.25, -0.2) is 0 Å². The monoisotopic (exact) mass is 268 g/mol. The highest BCUT2D eigenvalue weighted by Crippen LogP contribution is 2.18. The van der Waals surface area contributed by atoms with Crippen molar-refractivity contribution in [1.29, 1.82) is 0 Å². The molecule has 1 aliphatic heterocycles. The molecular formula is C10H12N4O5. The topological polar surface area (TPSA) is 118 Å². The molecule has 102 valence electrons. The van der Waals surface area contributed by atoms with Crippen LogP contribution in [0.2, 0.25) is 0 Å². The molecule has 0 aromatic carbocycles. The van der Waals surface area contributed by atoms with Crippen LogP contribution in [0.4, 0.5) is 5.69 Å². The van der Waals surface area contributed by atoms with Crippen molar-refractivity contribution in [3.05, 3.63) is 26.8 Å². The van der Waals surface area contributed by atoms with E-state index >= 15 is 0 Å². The van der Waals surface area contributed by atoms with Crippen LogP contribution < -0.4 is 10.3 Å². The number of ether oxygens (including phenoxy) is 1. The maximum absolute atomic E-state index is 11.7. The molecule has 1 aromatic heterocycles. The van der Waals surface area contributed by atoms with Gasteiger partial charge in [-0.3, -0.25) is 19.7 Å². The fourth-order valence-electron chi connectivity index (χ4n) is 1.83. The normalized spacial score (nSPS) is 14.4. The lowest BCUT2D eigenvalue weighted by molar-refractivity contribution is -0.387. The Morgan fingerprint density at radius 3 is 2.84 bits per heavy atom. The van der Waals surface area contributed by atoms with Gasteiger partial charge in [0.15, 0.2) is 6.61 Å². The van der Waals surface area contributed by atoms with Crippen molar-refractivity contribution in [3.8, 4) is 5.88 Å². The summed E-state index contributed by atoms with van der Waals surface area (Å²) < 4.78 is 4.99. The summed E-state index contributed by atoms with van der Waals surface area (Å²) in [4.78, 5) is 40.1. The second-order valence-electron chi connectivity index (χ2n) is 4.02. The van der Waals surface area contributed by atoms with Crippen molar-refractivity contribution >= 4 is 11.6 Å². The zero-order valence-corrected chi connectivity index (χ0v) is 10.00. The predicted octanol–water partition coefficient (Wildman–Crippen LogP) is -0.321. The van der Waals surface area contributed by atoms with E-state index in [-0.39, 0.29) is 12.5 Å². The van der Waals surface area contributed by atoms with E-state index in [1.165, 1.54) is 0 Å². The van der Waals surface area contributed by atoms with Crippen molar-refractivity contribution in [2.45, 2.75) is 12.8 Å². The highest BCUT2D eigenvalue weighted by molar-refractivity contribution is 5.78. The standard InChI is InChI=1S/C10H12N4O5/c15-7(13-3-1-2-4-13)5-19-10-8(14(17)18)9(16)11-6-12-10/h6H,1-5H2,(H,11,12,16). The van der Waals surface area contributed by atoms with Gasteiger partial charge in [-0.05, 0) is 12.8 Å². The van der Waals surface area contributed by atoms with E-state index in [0.29, 0.717) is 13.1 Å². The number of H-pyrrole nitrogens is 1. The molecule has 19 heavy (non-hydrogen) atoms. The second-order valence-corrected chi connectivity index (χ2v) is 4.02. The number of nitrogens with one attached hydrogen (secondary N) is 1. The molecule has 0 spiro atoms. The number of amides is 1. The van der Waals surface area contributed by atoms with Gasteiger partial charge in [-0.2, -0.15) is 4.98 Å². The molecule has 0 atom stereocenters. The summed E-state index contributed by atoms with van der Waals surface area (Å²) in [6.45, 7) is 0.956. The van der Waals surface area contributed by atoms with Crippen molar-refractivity contribution in [2.75, 3.05) is 19.7 Å². The number of aromatic nitrogens is 2. The van der Waals surface area contributed by atoms with Gasteiger partial charge in [0.25, 0.3) is 5.91 Å². The number of rotatable bonds is 4. The molecule has 1 amide bonds. The predicted molar refractivity (Wildman–Crippen MR) is 62.8 cm³/mol. The first-order valence-electron chi connectivity index (χ1n) is 5.72. The molecular weight excluding hydrogens is 256 g/mol. The highest BCUT2D eigenvalue weighted by Gasteiger charge is 2.24. The Morgan fingerprint density at radius 1 is 1.53 bits per heavy atom. The zero-order chi connectivity index (χ0) is 13.8. The van der Waals surface area contributed by atoms with Crippen LogP contribution in [-0.2, 0) is 4.79 Å². The van der Waals surface area contributed by atoms with Gasteiger partial charge in [0.2, 0.25) is 0 Å². The van der Waals surface area contributed by atoms with Gasteiger partial charge >= 0.3 is 17.1 Å². The molecule has 1 aliphatic rings. The van der Waals surface area contributed by atoms with Gasteiger partial charge in [0.1, 0.15) is 0 Å². The van der Waals surface area contributed by atoms with Crippen LogP contribution in [-0.4, -0.2) is 45.4 Å². The zero-order valence-electron chi connectivity index (χ0n) is 10.00. The number of hydrogen-bond donors (Lipinski definition) is 1. The first-order chi connectivity index (χ1) is 9.09. The van der Waals surface area contributed by atoms with E-state index in [1.54, 1.807) is 4.90 Å². The average molecular weight is 268 g/mol. The van der Waals surface area contributed by atoms with Crippen molar-refractivity contribution < 1.29 is 14.5 Å². The first kappa shape index (κ1) is 13.0. The molecule has 0 aliphatic carbocycles. The Kier molecular flexibility index (Phi) is 3.74. The molecule has 0 unspecified atom stereocenters. The number of hydrogen-bond acceptors (Lipinski definition) is 6. The smallest absolute Gasteiger partial charge is 0.395 e. The Balaban J connectivity index is 2.07. The average Bonchev–Trinajstić information content (AvgIpc) is 2.89. The Labute approximate surface area is 107 Å². The second kappa shape index (κ2) is 5.46. The van der Waals surface area contributed by atoms with Crippen molar-refractivity contribution in [2.24, 2.45) is 0 Å². The Morgan fingerprint density at radius 2 is 2.21 bits per heavy atom. The molecule has 1 N–H and O–H groups in total. The number of carbonyl (C=O) groups is 1. The van der Waals surface area contributed by atoms with Crippen LogP contribution in [0.15, 0.2) is 11.1 Å². The molecule has 0 bridgehead atoms.